The highest BCUT2D eigenvalue weighted by Crippen LogP contribution is 2.19. The van der Waals surface area contributed by atoms with E-state index in [9.17, 15) is 4.79 Å². The molecule has 2 aromatic carbocycles. The van der Waals surface area contributed by atoms with Gasteiger partial charge in [-0.25, -0.2) is 9.79 Å². The van der Waals surface area contributed by atoms with Gasteiger partial charge in [-0.3, -0.25) is 0 Å². The Balaban J connectivity index is 1.39. The molecule has 0 aliphatic carbocycles. The van der Waals surface area contributed by atoms with Crippen LogP contribution >= 0.6 is 0 Å². The summed E-state index contributed by atoms with van der Waals surface area (Å²) in [5, 5.41) is 0. The lowest BCUT2D eigenvalue weighted by molar-refractivity contribution is 0.105. The molecule has 0 unspecified atom stereocenters. The molecule has 1 aliphatic heterocycles. The van der Waals surface area contributed by atoms with E-state index in [4.69, 9.17) is 9.47 Å². The van der Waals surface area contributed by atoms with Crippen LogP contribution in [0.4, 0.5) is 16.2 Å². The molecule has 0 radical (unpaired) electrons. The van der Waals surface area contributed by atoms with E-state index in [2.05, 4.69) is 40.8 Å². The average molecular weight is 490 g/mol. The number of aliphatic imine (C=N–C) groups is 1. The molecule has 0 atom stereocenters. The molecule has 3 rings (SSSR count). The molecule has 36 heavy (non-hydrogen) atoms. The Morgan fingerprint density at radius 3 is 2.31 bits per heavy atom. The fourth-order valence-corrected chi connectivity index (χ4v) is 4.04. The van der Waals surface area contributed by atoms with Crippen LogP contribution in [0.3, 0.4) is 0 Å². The number of nitrogens with zero attached hydrogens (tertiary/aromatic N) is 3. The second-order valence-corrected chi connectivity index (χ2v) is 8.86. The molecule has 6 heteroatoms. The molecule has 2 aromatic rings. The SMILES string of the molecule is CCCCCCCCOc1ccc(N=CC#Cc2ccc(N3CCN(C(=O)OCC)CC3)cc2)cc1. The summed E-state index contributed by atoms with van der Waals surface area (Å²) in [5.41, 5.74) is 2.93. The largest absolute Gasteiger partial charge is 0.494 e. The monoisotopic (exact) mass is 489 g/mol. The maximum atomic E-state index is 11.9. The predicted molar refractivity (Wildman–Crippen MR) is 148 cm³/mol. The number of carbonyl (C=O) groups excluding carboxylic acids is 1. The van der Waals surface area contributed by atoms with Crippen LogP contribution < -0.4 is 9.64 Å². The van der Waals surface area contributed by atoms with E-state index in [-0.39, 0.29) is 6.09 Å². The highest BCUT2D eigenvalue weighted by Gasteiger charge is 2.21. The van der Waals surface area contributed by atoms with Gasteiger partial charge in [0.25, 0.3) is 0 Å². The summed E-state index contributed by atoms with van der Waals surface area (Å²) in [6, 6.07) is 16.0. The van der Waals surface area contributed by atoms with Gasteiger partial charge in [0.1, 0.15) is 5.75 Å². The van der Waals surface area contributed by atoms with Crippen molar-refractivity contribution in [3.05, 3.63) is 54.1 Å². The van der Waals surface area contributed by atoms with E-state index in [0.717, 1.165) is 48.8 Å². The molecule has 6 nitrogen and oxygen atoms in total. The number of hydrogen-bond donors (Lipinski definition) is 0. The zero-order valence-electron chi connectivity index (χ0n) is 21.7. The highest BCUT2D eigenvalue weighted by atomic mass is 16.6. The first-order valence-electron chi connectivity index (χ1n) is 13.2. The predicted octanol–water partition coefficient (Wildman–Crippen LogP) is 6.46. The van der Waals surface area contributed by atoms with Crippen molar-refractivity contribution in [2.24, 2.45) is 4.99 Å². The second kappa shape index (κ2) is 15.5. The summed E-state index contributed by atoms with van der Waals surface area (Å²) in [6.07, 6.45) is 8.99. The van der Waals surface area contributed by atoms with E-state index >= 15 is 0 Å². The summed E-state index contributed by atoms with van der Waals surface area (Å²) in [7, 11) is 0. The number of benzene rings is 2. The van der Waals surface area contributed by atoms with Crippen LogP contribution in [-0.2, 0) is 4.74 Å². The average Bonchev–Trinajstić information content (AvgIpc) is 2.92. The number of ether oxygens (including phenoxy) is 2. The van der Waals surface area contributed by atoms with Crippen molar-refractivity contribution >= 4 is 23.7 Å². The van der Waals surface area contributed by atoms with Crippen LogP contribution in [0, 0.1) is 11.8 Å². The maximum absolute atomic E-state index is 11.9. The quantitative estimate of drug-likeness (QED) is 0.207. The third-order valence-corrected chi connectivity index (χ3v) is 6.14. The summed E-state index contributed by atoms with van der Waals surface area (Å²) >= 11 is 0. The normalized spacial score (nSPS) is 13.4. The second-order valence-electron chi connectivity index (χ2n) is 8.86. The Bertz CT molecular complexity index is 998. The number of anilines is 1. The molecule has 0 bridgehead atoms. The lowest BCUT2D eigenvalue weighted by Gasteiger charge is -2.35. The van der Waals surface area contributed by atoms with Gasteiger partial charge in [-0.2, -0.15) is 0 Å². The molecular formula is C30H39N3O3. The van der Waals surface area contributed by atoms with Crippen molar-refractivity contribution in [1.29, 1.82) is 0 Å². The minimum Gasteiger partial charge on any atom is -0.494 e. The number of carbonyl (C=O) groups is 1. The number of rotatable bonds is 11. The summed E-state index contributed by atoms with van der Waals surface area (Å²) < 4.78 is 10.9. The Morgan fingerprint density at radius 1 is 0.917 bits per heavy atom. The number of hydrogen-bond acceptors (Lipinski definition) is 5. The molecular weight excluding hydrogens is 450 g/mol. The number of amides is 1. The molecule has 1 aliphatic rings. The zero-order valence-corrected chi connectivity index (χ0v) is 21.7. The fourth-order valence-electron chi connectivity index (χ4n) is 4.04. The Hall–Kier alpha value is -3.46. The number of piperazine rings is 1. The minimum atomic E-state index is -0.225. The van der Waals surface area contributed by atoms with Gasteiger partial charge >= 0.3 is 6.09 Å². The molecule has 1 fully saturated rings. The van der Waals surface area contributed by atoms with Gasteiger partial charge in [-0.1, -0.05) is 44.9 Å². The van der Waals surface area contributed by atoms with Crippen LogP contribution in [0.15, 0.2) is 53.5 Å². The molecule has 1 amide bonds. The highest BCUT2D eigenvalue weighted by molar-refractivity contribution is 5.81. The summed E-state index contributed by atoms with van der Waals surface area (Å²) in [6.45, 7) is 8.17. The Morgan fingerprint density at radius 2 is 1.61 bits per heavy atom. The summed E-state index contributed by atoms with van der Waals surface area (Å²) in [4.78, 5) is 20.3. The van der Waals surface area contributed by atoms with Gasteiger partial charge < -0.3 is 19.3 Å². The molecule has 0 aromatic heterocycles. The topological polar surface area (TPSA) is 54.4 Å². The first kappa shape index (κ1) is 27.1. The Labute approximate surface area is 216 Å². The van der Waals surface area contributed by atoms with Gasteiger partial charge in [0.05, 0.1) is 25.1 Å². The fraction of sp³-hybridized carbons (Fsp3) is 0.467. The van der Waals surface area contributed by atoms with E-state index < -0.39 is 0 Å². The van der Waals surface area contributed by atoms with E-state index in [1.807, 2.05) is 43.3 Å². The molecule has 0 saturated carbocycles. The van der Waals surface area contributed by atoms with E-state index in [0.29, 0.717) is 19.7 Å². The van der Waals surface area contributed by atoms with E-state index in [1.165, 1.54) is 32.1 Å². The van der Waals surface area contributed by atoms with Gasteiger partial charge in [-0.05, 0) is 67.8 Å². The minimum absolute atomic E-state index is 0.225. The third kappa shape index (κ3) is 9.30. The zero-order chi connectivity index (χ0) is 25.4. The van der Waals surface area contributed by atoms with Crippen LogP contribution in [0.5, 0.6) is 5.75 Å². The van der Waals surface area contributed by atoms with Crippen LogP contribution in [-0.4, -0.2) is 56.6 Å². The van der Waals surface area contributed by atoms with Crippen molar-refractivity contribution in [2.45, 2.75) is 52.4 Å². The molecule has 0 spiro atoms. The maximum Gasteiger partial charge on any atom is 0.409 e. The van der Waals surface area contributed by atoms with Crippen molar-refractivity contribution < 1.29 is 14.3 Å². The molecule has 1 saturated heterocycles. The molecule has 1 heterocycles. The van der Waals surface area contributed by atoms with Crippen LogP contribution in [0.25, 0.3) is 0 Å². The van der Waals surface area contributed by atoms with Crippen molar-refractivity contribution in [3.63, 3.8) is 0 Å². The van der Waals surface area contributed by atoms with Crippen molar-refractivity contribution in [3.8, 4) is 17.6 Å². The van der Waals surface area contributed by atoms with E-state index in [1.54, 1.807) is 11.1 Å². The third-order valence-electron chi connectivity index (χ3n) is 6.14. The van der Waals surface area contributed by atoms with Crippen LogP contribution in [0.2, 0.25) is 0 Å². The molecule has 192 valence electrons. The van der Waals surface area contributed by atoms with Crippen molar-refractivity contribution in [2.75, 3.05) is 44.3 Å². The lowest BCUT2D eigenvalue weighted by atomic mass is 10.1. The van der Waals surface area contributed by atoms with Crippen LogP contribution in [0.1, 0.15) is 57.9 Å². The van der Waals surface area contributed by atoms with Gasteiger partial charge in [-0.15, -0.1) is 0 Å². The van der Waals surface area contributed by atoms with Gasteiger partial charge in [0.2, 0.25) is 0 Å². The smallest absolute Gasteiger partial charge is 0.409 e. The molecule has 0 N–H and O–H groups in total. The van der Waals surface area contributed by atoms with Gasteiger partial charge in [0.15, 0.2) is 0 Å². The summed E-state index contributed by atoms with van der Waals surface area (Å²) in [5.74, 6) is 7.03. The first-order chi connectivity index (χ1) is 17.7. The van der Waals surface area contributed by atoms with Crippen molar-refractivity contribution in [1.82, 2.24) is 4.90 Å². The number of unbranched alkanes of at least 4 members (excludes halogenated alkanes) is 5. The first-order valence-corrected chi connectivity index (χ1v) is 13.2. The standard InChI is InChI=1S/C30H39N3O3/c1-3-5-6-7-8-9-25-36-29-18-14-27(15-19-29)31-20-10-11-26-12-16-28(17-13-26)32-21-23-33(24-22-32)30(34)35-4-2/h12-20H,3-9,21-25H2,1-2H3. The Kier molecular flexibility index (Phi) is 11.7. The lowest BCUT2D eigenvalue weighted by Crippen LogP contribution is -2.49. The van der Waals surface area contributed by atoms with Gasteiger partial charge in [0, 0.05) is 37.4 Å².